The second-order valence-electron chi connectivity index (χ2n) is 11.1. The molecule has 1 aliphatic heterocycles. The van der Waals surface area contributed by atoms with Gasteiger partial charge in [0, 0.05) is 22.5 Å². The summed E-state index contributed by atoms with van der Waals surface area (Å²) in [6, 6.07) is 21.5. The number of benzene rings is 3. The largest absolute Gasteiger partial charge is 0.350 e. The van der Waals surface area contributed by atoms with Gasteiger partial charge in [0.15, 0.2) is 0 Å². The number of hydrogen-bond donors (Lipinski definition) is 1. The fraction of sp³-hybridized carbons (Fsp3) is 0.281. The van der Waals surface area contributed by atoms with Gasteiger partial charge in [-0.05, 0) is 47.9 Å². The molecule has 0 fully saturated rings. The predicted octanol–water partition coefficient (Wildman–Crippen LogP) is 6.76. The maximum Gasteiger partial charge on any atom is 0.240 e. The van der Waals surface area contributed by atoms with Crippen LogP contribution < -0.4 is 10.2 Å². The summed E-state index contributed by atoms with van der Waals surface area (Å²) >= 11 is 8.22. The van der Waals surface area contributed by atoms with E-state index in [0.717, 1.165) is 33.6 Å². The number of amides is 2. The van der Waals surface area contributed by atoms with Crippen LogP contribution in [0.1, 0.15) is 54.0 Å². The van der Waals surface area contributed by atoms with Crippen LogP contribution in [0.25, 0.3) is 5.69 Å². The summed E-state index contributed by atoms with van der Waals surface area (Å²) in [7, 11) is 0. The van der Waals surface area contributed by atoms with Crippen LogP contribution in [-0.2, 0) is 21.5 Å². The van der Waals surface area contributed by atoms with Gasteiger partial charge in [-0.15, -0.1) is 11.8 Å². The Balaban J connectivity index is 1.65. The topological polar surface area (TPSA) is 67.2 Å². The molecular weight excluding hydrogens is 559 g/mol. The molecule has 0 radical (unpaired) electrons. The van der Waals surface area contributed by atoms with Crippen LogP contribution in [-0.4, -0.2) is 33.9 Å². The van der Waals surface area contributed by atoms with E-state index in [2.05, 4.69) is 26.1 Å². The number of para-hydroxylation sites is 1. The van der Waals surface area contributed by atoms with Gasteiger partial charge in [0.2, 0.25) is 11.8 Å². The fourth-order valence-corrected chi connectivity index (χ4v) is 6.52. The van der Waals surface area contributed by atoms with Crippen molar-refractivity contribution < 1.29 is 14.0 Å². The van der Waals surface area contributed by atoms with E-state index in [1.54, 1.807) is 17.0 Å². The van der Waals surface area contributed by atoms with E-state index < -0.39 is 0 Å². The highest BCUT2D eigenvalue weighted by atomic mass is 35.5. The van der Waals surface area contributed by atoms with Gasteiger partial charge in [0.25, 0.3) is 0 Å². The van der Waals surface area contributed by atoms with Gasteiger partial charge in [-0.1, -0.05) is 80.9 Å². The third kappa shape index (κ3) is 6.04. The average Bonchev–Trinajstić information content (AvgIpc) is 3.27. The predicted molar refractivity (Wildman–Crippen MR) is 163 cm³/mol. The van der Waals surface area contributed by atoms with Crippen molar-refractivity contribution in [3.63, 3.8) is 0 Å². The number of hydrogen-bond acceptors (Lipinski definition) is 4. The number of thioether (sulfide) groups is 1. The maximum atomic E-state index is 13.8. The number of aryl methyl sites for hydroxylation is 1. The maximum absolute atomic E-state index is 13.8. The summed E-state index contributed by atoms with van der Waals surface area (Å²) < 4.78 is 15.1. The molecule has 0 spiro atoms. The van der Waals surface area contributed by atoms with E-state index in [1.165, 1.54) is 23.9 Å². The lowest BCUT2D eigenvalue weighted by molar-refractivity contribution is -0.123. The molecule has 0 unspecified atom stereocenters. The Kier molecular flexibility index (Phi) is 8.25. The molecule has 1 atom stereocenters. The van der Waals surface area contributed by atoms with Crippen molar-refractivity contribution >= 4 is 41.0 Å². The Morgan fingerprint density at radius 2 is 1.76 bits per heavy atom. The first-order valence-electron chi connectivity index (χ1n) is 13.4. The average molecular weight is 591 g/mol. The third-order valence-electron chi connectivity index (χ3n) is 7.04. The van der Waals surface area contributed by atoms with Gasteiger partial charge in [-0.25, -0.2) is 9.07 Å². The van der Waals surface area contributed by atoms with Gasteiger partial charge in [0.1, 0.15) is 18.2 Å². The second-order valence-corrected chi connectivity index (χ2v) is 12.6. The highest BCUT2D eigenvalue weighted by Gasteiger charge is 2.40. The van der Waals surface area contributed by atoms with Gasteiger partial charge in [-0.2, -0.15) is 5.10 Å². The summed E-state index contributed by atoms with van der Waals surface area (Å²) in [5.41, 5.74) is 4.80. The molecule has 4 aromatic rings. The Hall–Kier alpha value is -3.62. The van der Waals surface area contributed by atoms with Crippen molar-refractivity contribution in [2.24, 2.45) is 0 Å². The molecule has 3 aromatic carbocycles. The van der Waals surface area contributed by atoms with Crippen LogP contribution >= 0.6 is 23.4 Å². The first-order chi connectivity index (χ1) is 19.5. The van der Waals surface area contributed by atoms with Gasteiger partial charge < -0.3 is 5.32 Å². The second kappa shape index (κ2) is 11.7. The zero-order chi connectivity index (χ0) is 29.3. The van der Waals surface area contributed by atoms with Crippen molar-refractivity contribution in [1.82, 2.24) is 15.1 Å². The molecule has 2 heterocycles. The number of carbonyl (C=O) groups is 2. The van der Waals surface area contributed by atoms with E-state index in [-0.39, 0.29) is 47.1 Å². The lowest BCUT2D eigenvalue weighted by Gasteiger charge is -2.25. The first-order valence-corrected chi connectivity index (χ1v) is 14.8. The van der Waals surface area contributed by atoms with Gasteiger partial charge >= 0.3 is 0 Å². The molecule has 41 heavy (non-hydrogen) atoms. The van der Waals surface area contributed by atoms with Gasteiger partial charge in [-0.3, -0.25) is 14.5 Å². The minimum absolute atomic E-state index is 0.160. The van der Waals surface area contributed by atoms with E-state index in [4.69, 9.17) is 16.7 Å². The van der Waals surface area contributed by atoms with Crippen molar-refractivity contribution in [2.75, 3.05) is 17.2 Å². The number of nitrogens with zero attached hydrogens (tertiary/aromatic N) is 3. The Bertz CT molecular complexity index is 1600. The van der Waals surface area contributed by atoms with Crippen molar-refractivity contribution in [1.29, 1.82) is 0 Å². The summed E-state index contributed by atoms with van der Waals surface area (Å²) in [6.07, 6.45) is 0. The van der Waals surface area contributed by atoms with Crippen LogP contribution in [0.3, 0.4) is 0 Å². The van der Waals surface area contributed by atoms with E-state index in [1.807, 2.05) is 60.1 Å². The van der Waals surface area contributed by atoms with E-state index in [9.17, 15) is 14.0 Å². The molecule has 9 heteroatoms. The Morgan fingerprint density at radius 1 is 1.07 bits per heavy atom. The molecule has 5 rings (SSSR count). The highest BCUT2D eigenvalue weighted by molar-refractivity contribution is 8.00. The molecule has 1 aliphatic rings. The summed E-state index contributed by atoms with van der Waals surface area (Å²) in [4.78, 5) is 28.7. The Labute approximate surface area is 248 Å². The molecule has 0 aliphatic carbocycles. The lowest BCUT2D eigenvalue weighted by atomic mass is 9.87. The number of rotatable bonds is 6. The van der Waals surface area contributed by atoms with Crippen molar-refractivity contribution in [3.05, 3.63) is 112 Å². The molecule has 1 N–H and O–H groups in total. The monoisotopic (exact) mass is 590 g/mol. The number of nitrogens with one attached hydrogen (secondary N) is 1. The fourth-order valence-electron chi connectivity index (χ4n) is 4.98. The SMILES string of the molecule is Cc1ccccc1-n1nc(C(C)(C)C)c2c1N(CC(=O)NCc1ccc(F)cc1)C(=O)CS[C@H]2c1ccccc1Cl. The quantitative estimate of drug-likeness (QED) is 0.269. The molecule has 2 amide bonds. The number of aromatic nitrogens is 2. The number of halogens is 2. The zero-order valence-corrected chi connectivity index (χ0v) is 25.0. The van der Waals surface area contributed by atoms with Crippen LogP contribution in [0.4, 0.5) is 10.2 Å². The minimum Gasteiger partial charge on any atom is -0.350 e. The lowest BCUT2D eigenvalue weighted by Crippen LogP contribution is -2.42. The molecule has 212 valence electrons. The summed E-state index contributed by atoms with van der Waals surface area (Å²) in [5.74, 6) is -0.135. The minimum atomic E-state index is -0.373. The molecule has 0 bridgehead atoms. The van der Waals surface area contributed by atoms with E-state index >= 15 is 0 Å². The zero-order valence-electron chi connectivity index (χ0n) is 23.4. The normalized spacial score (nSPS) is 15.4. The van der Waals surface area contributed by atoms with Crippen molar-refractivity contribution in [2.45, 2.75) is 44.9 Å². The van der Waals surface area contributed by atoms with Crippen LogP contribution in [0, 0.1) is 12.7 Å². The molecule has 0 saturated heterocycles. The number of anilines is 1. The summed E-state index contributed by atoms with van der Waals surface area (Å²) in [5, 5.41) is 8.35. The highest BCUT2D eigenvalue weighted by Crippen LogP contribution is 2.49. The van der Waals surface area contributed by atoms with Gasteiger partial charge in [0.05, 0.1) is 22.4 Å². The first kappa shape index (κ1) is 28.9. The molecule has 0 saturated carbocycles. The Morgan fingerprint density at radius 3 is 2.44 bits per heavy atom. The molecular formula is C32H32ClFN4O2S. The number of carbonyl (C=O) groups excluding carboxylic acids is 2. The van der Waals surface area contributed by atoms with Crippen molar-refractivity contribution in [3.8, 4) is 5.69 Å². The standard InChI is InChI=1S/C32H32ClFN4O2S/c1-20-9-5-8-12-25(20)38-31-28(30(36-38)32(2,3)4)29(23-10-6-7-11-24(23)33)41-19-27(40)37(31)18-26(39)35-17-21-13-15-22(34)16-14-21/h5-16,29H,17-19H2,1-4H3,(H,35,39)/t29-/m0/s1. The smallest absolute Gasteiger partial charge is 0.240 e. The molecule has 1 aromatic heterocycles. The molecule has 6 nitrogen and oxygen atoms in total. The summed E-state index contributed by atoms with van der Waals surface area (Å²) in [6.45, 7) is 8.31. The van der Waals surface area contributed by atoms with Crippen LogP contribution in [0.15, 0.2) is 72.8 Å². The number of fused-ring (bicyclic) bond motifs is 1. The van der Waals surface area contributed by atoms with E-state index in [0.29, 0.717) is 10.8 Å². The van der Waals surface area contributed by atoms with Crippen LogP contribution in [0.2, 0.25) is 5.02 Å². The van der Waals surface area contributed by atoms with Crippen LogP contribution in [0.5, 0.6) is 0 Å². The third-order valence-corrected chi connectivity index (χ3v) is 8.62.